The predicted octanol–water partition coefficient (Wildman–Crippen LogP) is 7.59. The van der Waals surface area contributed by atoms with E-state index in [1.807, 2.05) is 0 Å². The molecule has 4 aromatic rings. The van der Waals surface area contributed by atoms with Gasteiger partial charge in [0.2, 0.25) is 0 Å². The summed E-state index contributed by atoms with van der Waals surface area (Å²) in [4.78, 5) is 5.26. The maximum absolute atomic E-state index is 5.26. The first kappa shape index (κ1) is 26.7. The normalized spacial score (nSPS) is 14.6. The van der Waals surface area contributed by atoms with Crippen LogP contribution in [0, 0.1) is 20.8 Å². The van der Waals surface area contributed by atoms with Crippen molar-refractivity contribution >= 4 is 29.1 Å². The molecule has 0 amide bonds. The monoisotopic (exact) mass is 510 g/mol. The minimum Gasteiger partial charge on any atom is -0.380 e. The molecule has 0 unspecified atom stereocenters. The number of nitrogens with zero attached hydrogens (tertiary/aromatic N) is 2. The van der Waals surface area contributed by atoms with Gasteiger partial charge in [0.15, 0.2) is 0 Å². The lowest BCUT2D eigenvalue weighted by Gasteiger charge is -2.24. The molecule has 1 aliphatic heterocycles. The van der Waals surface area contributed by atoms with Gasteiger partial charge in [0, 0.05) is 22.7 Å². The van der Waals surface area contributed by atoms with E-state index in [0.29, 0.717) is 0 Å². The molecule has 0 radical (unpaired) electrons. The van der Waals surface area contributed by atoms with Gasteiger partial charge in [-0.1, -0.05) is 115 Å². The fraction of sp³-hybridized carbons (Fsp3) is 0.250. The molecule has 2 nitrogen and oxygen atoms in total. The van der Waals surface area contributed by atoms with Gasteiger partial charge in [-0.2, -0.15) is 0 Å². The van der Waals surface area contributed by atoms with Crippen LogP contribution in [0.4, 0.5) is 0 Å². The molecule has 0 aliphatic carbocycles. The van der Waals surface area contributed by atoms with E-state index in [9.17, 15) is 0 Å². The number of hydrogen-bond acceptors (Lipinski definition) is 1. The summed E-state index contributed by atoms with van der Waals surface area (Å²) in [6.07, 6.45) is 1.98. The van der Waals surface area contributed by atoms with Crippen molar-refractivity contribution in [1.29, 1.82) is 0 Å². The molecule has 0 saturated carbocycles. The smallest absolute Gasteiger partial charge is 0.327 e. The fourth-order valence-electron chi connectivity index (χ4n) is 6.42. The molecule has 3 aromatic carbocycles. The summed E-state index contributed by atoms with van der Waals surface area (Å²) in [5.74, 6) is 0. The van der Waals surface area contributed by atoms with Gasteiger partial charge in [-0.15, -0.1) is 0 Å². The highest BCUT2D eigenvalue weighted by Crippen LogP contribution is 2.40. The van der Waals surface area contributed by atoms with Crippen LogP contribution in [-0.4, -0.2) is 17.0 Å². The lowest BCUT2D eigenvalue weighted by atomic mass is 9.50. The zero-order valence-corrected chi connectivity index (χ0v) is 24.5. The second-order valence-corrected chi connectivity index (χ2v) is 10.7. The minimum atomic E-state index is 0.0452. The first-order chi connectivity index (χ1) is 18.9. The van der Waals surface area contributed by atoms with E-state index >= 15 is 0 Å². The average molecular weight is 511 g/mol. The van der Waals surface area contributed by atoms with E-state index in [4.69, 9.17) is 4.99 Å². The zero-order valence-electron chi connectivity index (χ0n) is 24.5. The van der Waals surface area contributed by atoms with Gasteiger partial charge >= 0.3 is 6.85 Å². The highest BCUT2D eigenvalue weighted by atomic mass is 14.9. The van der Waals surface area contributed by atoms with Crippen LogP contribution in [0.5, 0.6) is 0 Å². The van der Waals surface area contributed by atoms with Crippen molar-refractivity contribution < 1.29 is 0 Å². The quantitative estimate of drug-likeness (QED) is 0.228. The molecule has 2 heterocycles. The number of aromatic nitrogens is 1. The fourth-order valence-corrected chi connectivity index (χ4v) is 6.42. The topological polar surface area (TPSA) is 17.3 Å². The Morgan fingerprint density at radius 3 is 1.77 bits per heavy atom. The van der Waals surface area contributed by atoms with E-state index in [-0.39, 0.29) is 6.85 Å². The van der Waals surface area contributed by atoms with Gasteiger partial charge in [0.1, 0.15) is 0 Å². The maximum atomic E-state index is 5.26. The van der Waals surface area contributed by atoms with Crippen molar-refractivity contribution in [2.75, 3.05) is 0 Å². The molecule has 0 N–H and O–H groups in total. The SMILES string of the molecule is CCC1=C(C)/C(=C(\c2ccc(C)cc2)c2c(C)c(CC)c(C)n2B(c2ccccc2)c2ccccc2)N=C1C. The molecule has 0 fully saturated rings. The van der Waals surface area contributed by atoms with Gasteiger partial charge in [-0.05, 0) is 75.3 Å². The molecule has 5 rings (SSSR count). The first-order valence-corrected chi connectivity index (χ1v) is 14.2. The molecule has 0 bridgehead atoms. The minimum absolute atomic E-state index is 0.0452. The molecular weight excluding hydrogens is 471 g/mol. The zero-order chi connectivity index (χ0) is 27.7. The Morgan fingerprint density at radius 1 is 0.718 bits per heavy atom. The summed E-state index contributed by atoms with van der Waals surface area (Å²) in [5, 5.41) is 0. The van der Waals surface area contributed by atoms with Crippen LogP contribution < -0.4 is 10.9 Å². The number of hydrogen-bond donors (Lipinski definition) is 0. The van der Waals surface area contributed by atoms with Gasteiger partial charge in [-0.3, -0.25) is 4.99 Å². The molecule has 3 heteroatoms. The molecule has 196 valence electrons. The molecular formula is C36H39BN2. The lowest BCUT2D eigenvalue weighted by Crippen LogP contribution is -2.49. The Bertz CT molecular complexity index is 1540. The maximum Gasteiger partial charge on any atom is 0.327 e. The van der Waals surface area contributed by atoms with Gasteiger partial charge in [0.05, 0.1) is 5.70 Å². The third-order valence-corrected chi connectivity index (χ3v) is 8.38. The molecule has 39 heavy (non-hydrogen) atoms. The number of allylic oxidation sites excluding steroid dienone is 2. The predicted molar refractivity (Wildman–Crippen MR) is 170 cm³/mol. The van der Waals surface area contributed by atoms with Crippen molar-refractivity contribution in [3.05, 3.63) is 135 Å². The number of benzene rings is 3. The van der Waals surface area contributed by atoms with E-state index < -0.39 is 0 Å². The van der Waals surface area contributed by atoms with Crippen LogP contribution in [0.2, 0.25) is 0 Å². The summed E-state index contributed by atoms with van der Waals surface area (Å²) in [7, 11) is 0. The van der Waals surface area contributed by atoms with E-state index in [1.54, 1.807) is 0 Å². The standard InChI is InChI=1S/C36H39BN2/c1-8-32-25(4)35(38-27(32)6)34(29-22-20-24(3)21-23-29)36-26(5)33(9-2)28(7)39(36)37(30-16-12-10-13-17-30)31-18-14-11-15-19-31/h10-23H,8-9H2,1-7H3/b35-34-. The summed E-state index contributed by atoms with van der Waals surface area (Å²) < 4.78 is 2.60. The molecule has 0 saturated heterocycles. The number of aryl methyl sites for hydroxylation is 1. The molecule has 1 aromatic heterocycles. The van der Waals surface area contributed by atoms with Crippen molar-refractivity contribution in [3.8, 4) is 0 Å². The Kier molecular flexibility index (Phi) is 7.61. The lowest BCUT2D eigenvalue weighted by molar-refractivity contribution is 1.04. The van der Waals surface area contributed by atoms with E-state index in [0.717, 1.165) is 24.3 Å². The van der Waals surface area contributed by atoms with Gasteiger partial charge < -0.3 is 4.48 Å². The number of aliphatic imine (C=N–C) groups is 1. The summed E-state index contributed by atoms with van der Waals surface area (Å²) in [5.41, 5.74) is 16.5. The second-order valence-electron chi connectivity index (χ2n) is 10.7. The molecule has 0 spiro atoms. The van der Waals surface area contributed by atoms with Gasteiger partial charge in [-0.25, -0.2) is 0 Å². The first-order valence-electron chi connectivity index (χ1n) is 14.2. The van der Waals surface area contributed by atoms with Gasteiger partial charge in [0.25, 0.3) is 0 Å². The Morgan fingerprint density at radius 2 is 1.28 bits per heavy atom. The van der Waals surface area contributed by atoms with E-state index in [1.165, 1.54) is 61.3 Å². The van der Waals surface area contributed by atoms with Crippen molar-refractivity contribution in [2.24, 2.45) is 4.99 Å². The highest BCUT2D eigenvalue weighted by molar-refractivity contribution is 6.84. The Labute approximate surface area is 234 Å². The summed E-state index contributed by atoms with van der Waals surface area (Å²) >= 11 is 0. The summed E-state index contributed by atoms with van der Waals surface area (Å²) in [6.45, 7) is 15.7. The highest BCUT2D eigenvalue weighted by Gasteiger charge is 2.32. The summed E-state index contributed by atoms with van der Waals surface area (Å²) in [6, 6.07) is 30.9. The average Bonchev–Trinajstić information content (AvgIpc) is 3.37. The van der Waals surface area contributed by atoms with Crippen LogP contribution in [0.3, 0.4) is 0 Å². The van der Waals surface area contributed by atoms with Crippen LogP contribution in [0.15, 0.2) is 107 Å². The van der Waals surface area contributed by atoms with Crippen LogP contribution in [-0.2, 0) is 6.42 Å². The largest absolute Gasteiger partial charge is 0.380 e. The molecule has 0 atom stereocenters. The van der Waals surface area contributed by atoms with Crippen molar-refractivity contribution in [1.82, 2.24) is 4.48 Å². The van der Waals surface area contributed by atoms with Crippen LogP contribution in [0.25, 0.3) is 5.57 Å². The van der Waals surface area contributed by atoms with Crippen molar-refractivity contribution in [2.45, 2.75) is 61.3 Å². The van der Waals surface area contributed by atoms with Crippen LogP contribution >= 0.6 is 0 Å². The van der Waals surface area contributed by atoms with Crippen LogP contribution in [0.1, 0.15) is 67.8 Å². The third-order valence-electron chi connectivity index (χ3n) is 8.38. The third kappa shape index (κ3) is 4.76. The van der Waals surface area contributed by atoms with Crippen molar-refractivity contribution in [3.63, 3.8) is 0 Å². The molecule has 1 aliphatic rings. The Hall–Kier alpha value is -3.85. The number of rotatable bonds is 7. The Balaban J connectivity index is 1.93. The second kappa shape index (κ2) is 11.1. The van der Waals surface area contributed by atoms with E-state index in [2.05, 4.69) is 138 Å².